The number of pyridine rings is 1. The molecule has 0 amide bonds. The van der Waals surface area contributed by atoms with Gasteiger partial charge in [-0.2, -0.15) is 44.5 Å². The van der Waals surface area contributed by atoms with Crippen LogP contribution in [0.2, 0.25) is 0 Å². The molecule has 2 aromatic heterocycles. The van der Waals surface area contributed by atoms with E-state index in [0.29, 0.717) is 12.1 Å². The van der Waals surface area contributed by atoms with Crippen LogP contribution in [-0.2, 0) is 18.5 Å². The molecule has 2 N–H and O–H groups in total. The quantitative estimate of drug-likeness (QED) is 0.504. The Balaban J connectivity index is 2.10. The zero-order valence-corrected chi connectivity index (χ0v) is 14.5. The van der Waals surface area contributed by atoms with Gasteiger partial charge in [-0.15, -0.1) is 0 Å². The number of hydrogen-bond donors (Lipinski definition) is 2. The number of ether oxygens (including phenoxy) is 1. The fourth-order valence-electron chi connectivity index (χ4n) is 2.49. The lowest BCUT2D eigenvalue weighted by atomic mass is 10.1. The number of anilines is 2. The second kappa shape index (κ2) is 6.95. The van der Waals surface area contributed by atoms with Gasteiger partial charge in [-0.3, -0.25) is 0 Å². The minimum atomic E-state index is -5.08. The number of aromatic nitrogens is 3. The van der Waals surface area contributed by atoms with E-state index in [1.54, 1.807) is 0 Å². The van der Waals surface area contributed by atoms with Crippen LogP contribution in [0.4, 0.5) is 50.9 Å². The Morgan fingerprint density at radius 1 is 0.800 bits per heavy atom. The van der Waals surface area contributed by atoms with Crippen molar-refractivity contribution in [1.29, 1.82) is 0 Å². The third kappa shape index (κ3) is 4.36. The molecule has 0 aliphatic heterocycles. The minimum absolute atomic E-state index is 0.0623. The standard InChI is InChI=1S/C16H9F9N4O/c1-30-12-10(5-9-11(28-12)29-13(27-9)16(23,24)25)26-8-3-6(14(17,18)19)2-7(4-8)15(20,21)22/h2-5,26H,1H3,(H,27,28,29). The molecule has 0 spiro atoms. The molecule has 0 aliphatic rings. The van der Waals surface area contributed by atoms with E-state index in [1.165, 1.54) is 0 Å². The zero-order valence-electron chi connectivity index (χ0n) is 14.5. The maximum Gasteiger partial charge on any atom is 0.449 e. The predicted octanol–water partition coefficient (Wildman–Crippen LogP) is 5.77. The number of imidazole rings is 1. The van der Waals surface area contributed by atoms with Gasteiger partial charge >= 0.3 is 18.5 Å². The number of fused-ring (bicyclic) bond motifs is 1. The predicted molar refractivity (Wildman–Crippen MR) is 85.2 cm³/mol. The number of rotatable bonds is 3. The van der Waals surface area contributed by atoms with Crippen molar-refractivity contribution in [3.63, 3.8) is 0 Å². The van der Waals surface area contributed by atoms with Gasteiger partial charge in [0.15, 0.2) is 5.65 Å². The molecule has 0 radical (unpaired) electrons. The summed E-state index contributed by atoms with van der Waals surface area (Å²) in [5.74, 6) is -1.77. The van der Waals surface area contributed by atoms with Crippen molar-refractivity contribution in [2.24, 2.45) is 0 Å². The largest absolute Gasteiger partial charge is 0.479 e. The molecule has 14 heteroatoms. The summed E-state index contributed by atoms with van der Waals surface area (Å²) in [7, 11) is 1.06. The Morgan fingerprint density at radius 3 is 1.83 bits per heavy atom. The summed E-state index contributed by atoms with van der Waals surface area (Å²) in [6, 6.07) is 1.70. The number of hydrogen-bond acceptors (Lipinski definition) is 4. The topological polar surface area (TPSA) is 62.8 Å². The molecule has 0 saturated heterocycles. The summed E-state index contributed by atoms with van der Waals surface area (Å²) >= 11 is 0. The van der Waals surface area contributed by atoms with Crippen LogP contribution in [0.3, 0.4) is 0 Å². The lowest BCUT2D eigenvalue weighted by Gasteiger charge is -2.16. The number of methoxy groups -OCH3 is 1. The Labute approximate surface area is 160 Å². The van der Waals surface area contributed by atoms with Gasteiger partial charge in [0.25, 0.3) is 0 Å². The van der Waals surface area contributed by atoms with Crippen LogP contribution in [0.25, 0.3) is 11.2 Å². The zero-order chi connectivity index (χ0) is 22.5. The molecule has 5 nitrogen and oxygen atoms in total. The maximum absolute atomic E-state index is 13.0. The highest BCUT2D eigenvalue weighted by Crippen LogP contribution is 2.39. The number of halogens is 9. The second-order valence-corrected chi connectivity index (χ2v) is 5.92. The smallest absolute Gasteiger partial charge is 0.449 e. The molecule has 0 atom stereocenters. The summed E-state index contributed by atoms with van der Waals surface area (Å²) in [4.78, 5) is 8.90. The van der Waals surface area contributed by atoms with E-state index in [1.807, 2.05) is 4.98 Å². The van der Waals surface area contributed by atoms with Crippen molar-refractivity contribution in [2.45, 2.75) is 18.5 Å². The van der Waals surface area contributed by atoms with E-state index >= 15 is 0 Å². The van der Waals surface area contributed by atoms with Crippen LogP contribution in [0, 0.1) is 0 Å². The molecule has 162 valence electrons. The highest BCUT2D eigenvalue weighted by molar-refractivity contribution is 5.80. The van der Waals surface area contributed by atoms with Crippen LogP contribution >= 0.6 is 0 Å². The van der Waals surface area contributed by atoms with Crippen molar-refractivity contribution in [1.82, 2.24) is 15.0 Å². The normalized spacial score (nSPS) is 13.0. The molecule has 0 saturated carbocycles. The average molecular weight is 444 g/mol. The average Bonchev–Trinajstić information content (AvgIpc) is 3.02. The fourth-order valence-corrected chi connectivity index (χ4v) is 2.49. The number of benzene rings is 1. The molecule has 2 heterocycles. The number of alkyl halides is 9. The van der Waals surface area contributed by atoms with Crippen LogP contribution in [0.15, 0.2) is 24.3 Å². The van der Waals surface area contributed by atoms with Gasteiger partial charge in [0.05, 0.1) is 18.2 Å². The minimum Gasteiger partial charge on any atom is -0.479 e. The number of H-pyrrole nitrogens is 1. The van der Waals surface area contributed by atoms with E-state index in [0.717, 1.165) is 13.2 Å². The van der Waals surface area contributed by atoms with Crippen molar-refractivity contribution < 1.29 is 44.3 Å². The summed E-state index contributed by atoms with van der Waals surface area (Å²) < 4.78 is 121. The molecule has 0 fully saturated rings. The van der Waals surface area contributed by atoms with E-state index < -0.39 is 41.2 Å². The van der Waals surface area contributed by atoms with Crippen molar-refractivity contribution in [2.75, 3.05) is 12.4 Å². The van der Waals surface area contributed by atoms with Crippen molar-refractivity contribution in [3.05, 3.63) is 41.2 Å². The Hall–Kier alpha value is -3.19. The third-order valence-corrected chi connectivity index (χ3v) is 3.77. The first-order valence-electron chi connectivity index (χ1n) is 7.77. The summed E-state index contributed by atoms with van der Waals surface area (Å²) in [5.41, 5.74) is -4.77. The van der Waals surface area contributed by atoms with E-state index in [2.05, 4.69) is 15.3 Å². The number of nitrogens with zero attached hydrogens (tertiary/aromatic N) is 2. The highest BCUT2D eigenvalue weighted by atomic mass is 19.4. The molecule has 0 bridgehead atoms. The van der Waals surface area contributed by atoms with Crippen LogP contribution in [0.1, 0.15) is 17.0 Å². The number of aromatic amines is 1. The first-order valence-corrected chi connectivity index (χ1v) is 7.77. The van der Waals surface area contributed by atoms with Gasteiger partial charge in [-0.25, -0.2) is 4.98 Å². The molecule has 3 aromatic rings. The number of nitrogens with one attached hydrogen (secondary N) is 2. The Bertz CT molecular complexity index is 1050. The molecule has 0 aliphatic carbocycles. The van der Waals surface area contributed by atoms with E-state index in [4.69, 9.17) is 4.74 Å². The lowest BCUT2D eigenvalue weighted by Crippen LogP contribution is -2.11. The first kappa shape index (κ1) is 21.5. The Kier molecular flexibility index (Phi) is 4.99. The fraction of sp³-hybridized carbons (Fsp3) is 0.250. The summed E-state index contributed by atoms with van der Waals surface area (Å²) in [5, 5.41) is 2.27. The van der Waals surface area contributed by atoms with Gasteiger partial charge in [0.1, 0.15) is 11.2 Å². The van der Waals surface area contributed by atoms with Gasteiger partial charge < -0.3 is 15.0 Å². The highest BCUT2D eigenvalue weighted by Gasteiger charge is 2.37. The lowest BCUT2D eigenvalue weighted by molar-refractivity contribution is -0.144. The van der Waals surface area contributed by atoms with Gasteiger partial charge in [-0.05, 0) is 24.3 Å². The second-order valence-electron chi connectivity index (χ2n) is 5.92. The molecule has 1 aromatic carbocycles. The van der Waals surface area contributed by atoms with Crippen LogP contribution in [-0.4, -0.2) is 22.1 Å². The third-order valence-electron chi connectivity index (χ3n) is 3.77. The van der Waals surface area contributed by atoms with Gasteiger partial charge in [-0.1, -0.05) is 0 Å². The van der Waals surface area contributed by atoms with E-state index in [-0.39, 0.29) is 28.8 Å². The van der Waals surface area contributed by atoms with Gasteiger partial charge in [0.2, 0.25) is 11.7 Å². The molecule has 30 heavy (non-hydrogen) atoms. The molecular weight excluding hydrogens is 435 g/mol. The van der Waals surface area contributed by atoms with Gasteiger partial charge in [0, 0.05) is 5.69 Å². The van der Waals surface area contributed by atoms with E-state index in [9.17, 15) is 39.5 Å². The van der Waals surface area contributed by atoms with Crippen LogP contribution < -0.4 is 10.1 Å². The summed E-state index contributed by atoms with van der Waals surface area (Å²) in [6.45, 7) is 0. The maximum atomic E-state index is 13.0. The van der Waals surface area contributed by atoms with Crippen molar-refractivity contribution >= 4 is 22.5 Å². The Morgan fingerprint density at radius 2 is 1.37 bits per heavy atom. The summed E-state index contributed by atoms with van der Waals surface area (Å²) in [6.07, 6.45) is -15.0. The molecule has 3 rings (SSSR count). The van der Waals surface area contributed by atoms with Crippen LogP contribution in [0.5, 0.6) is 5.88 Å². The first-order chi connectivity index (χ1) is 13.7. The SMILES string of the molecule is COc1nc2[nH]c(C(F)(F)F)nc2cc1Nc1cc(C(F)(F)F)cc(C(F)(F)F)c1. The monoisotopic (exact) mass is 444 g/mol. The molecular formula is C16H9F9N4O. The molecule has 0 unspecified atom stereocenters. The van der Waals surface area contributed by atoms with Crippen molar-refractivity contribution in [3.8, 4) is 5.88 Å².